The van der Waals surface area contributed by atoms with Gasteiger partial charge in [-0.2, -0.15) is 0 Å². The molecule has 0 spiro atoms. The summed E-state index contributed by atoms with van der Waals surface area (Å²) in [4.78, 5) is 14.2. The van der Waals surface area contributed by atoms with Gasteiger partial charge in [-0.15, -0.1) is 0 Å². The largest absolute Gasteiger partial charge is 0.300 e. The fourth-order valence-corrected chi connectivity index (χ4v) is 3.64. The molecule has 0 N–H and O–H groups in total. The van der Waals surface area contributed by atoms with Crippen molar-refractivity contribution < 1.29 is 4.79 Å². The van der Waals surface area contributed by atoms with Gasteiger partial charge >= 0.3 is 0 Å². The summed E-state index contributed by atoms with van der Waals surface area (Å²) in [5.74, 6) is 1.96. The van der Waals surface area contributed by atoms with Gasteiger partial charge < -0.3 is 4.90 Å². The van der Waals surface area contributed by atoms with Crippen LogP contribution in [0.15, 0.2) is 0 Å². The molecule has 2 rings (SSSR count). The van der Waals surface area contributed by atoms with Crippen LogP contribution in [0.5, 0.6) is 0 Å². The van der Waals surface area contributed by atoms with Crippen LogP contribution < -0.4 is 0 Å². The Labute approximate surface area is 96.8 Å². The summed E-state index contributed by atoms with van der Waals surface area (Å²) >= 11 is 1.42. The Kier molecular flexibility index (Phi) is 3.41. The maximum absolute atomic E-state index is 11.6. The second kappa shape index (κ2) is 4.46. The fourth-order valence-electron chi connectivity index (χ4n) is 3.12. The van der Waals surface area contributed by atoms with Crippen LogP contribution in [0.1, 0.15) is 26.7 Å². The van der Waals surface area contributed by atoms with Crippen LogP contribution in [-0.2, 0) is 4.79 Å². The van der Waals surface area contributed by atoms with Crippen molar-refractivity contribution >= 4 is 16.9 Å². The van der Waals surface area contributed by atoms with Crippen molar-refractivity contribution in [3.63, 3.8) is 0 Å². The number of thioether (sulfide) groups is 1. The molecule has 0 aromatic rings. The molecule has 2 fully saturated rings. The van der Waals surface area contributed by atoms with Crippen LogP contribution >= 0.6 is 11.8 Å². The molecule has 15 heavy (non-hydrogen) atoms. The molecule has 0 aromatic heterocycles. The number of likely N-dealkylation sites (tertiary alicyclic amines) is 1. The van der Waals surface area contributed by atoms with Crippen molar-refractivity contribution in [1.29, 1.82) is 0 Å². The van der Waals surface area contributed by atoms with Gasteiger partial charge in [-0.1, -0.05) is 11.8 Å². The minimum Gasteiger partial charge on any atom is -0.300 e. The highest BCUT2D eigenvalue weighted by molar-refractivity contribution is 8.13. The minimum absolute atomic E-state index is 0.365. The van der Waals surface area contributed by atoms with E-state index in [4.69, 9.17) is 0 Å². The Morgan fingerprint density at radius 2 is 1.80 bits per heavy atom. The van der Waals surface area contributed by atoms with Gasteiger partial charge in [0.2, 0.25) is 0 Å². The summed E-state index contributed by atoms with van der Waals surface area (Å²) in [5.41, 5.74) is 0. The Morgan fingerprint density at radius 1 is 1.27 bits per heavy atom. The lowest BCUT2D eigenvalue weighted by Crippen LogP contribution is -2.29. The minimum atomic E-state index is 0.365. The van der Waals surface area contributed by atoms with Crippen molar-refractivity contribution in [3.05, 3.63) is 0 Å². The van der Waals surface area contributed by atoms with Crippen LogP contribution in [0.2, 0.25) is 0 Å². The molecule has 3 heteroatoms. The van der Waals surface area contributed by atoms with Crippen molar-refractivity contribution in [3.8, 4) is 0 Å². The highest BCUT2D eigenvalue weighted by Gasteiger charge is 2.43. The summed E-state index contributed by atoms with van der Waals surface area (Å²) in [6.07, 6.45) is 4.21. The maximum Gasteiger partial charge on any atom is 0.191 e. The number of rotatable bonds is 2. The van der Waals surface area contributed by atoms with E-state index in [1.54, 1.807) is 0 Å². The average molecular weight is 227 g/mol. The van der Waals surface area contributed by atoms with E-state index in [1.807, 2.05) is 6.26 Å². The van der Waals surface area contributed by atoms with Crippen molar-refractivity contribution in [2.75, 3.05) is 19.3 Å². The predicted octanol–water partition coefficient (Wildman–Crippen LogP) is 2.24. The highest BCUT2D eigenvalue weighted by Crippen LogP contribution is 2.43. The van der Waals surface area contributed by atoms with E-state index in [0.717, 1.165) is 24.7 Å². The molecule has 1 saturated carbocycles. The van der Waals surface area contributed by atoms with E-state index < -0.39 is 0 Å². The van der Waals surface area contributed by atoms with Crippen LogP contribution in [0.3, 0.4) is 0 Å². The van der Waals surface area contributed by atoms with Crippen LogP contribution in [0.4, 0.5) is 0 Å². The lowest BCUT2D eigenvalue weighted by molar-refractivity contribution is -0.114. The van der Waals surface area contributed by atoms with Crippen molar-refractivity contribution in [2.24, 2.45) is 17.8 Å². The quantitative estimate of drug-likeness (QED) is 0.721. The molecule has 1 aliphatic heterocycles. The van der Waals surface area contributed by atoms with E-state index in [2.05, 4.69) is 18.7 Å². The molecule has 0 aromatic carbocycles. The van der Waals surface area contributed by atoms with E-state index in [1.165, 1.54) is 24.9 Å². The molecule has 86 valence electrons. The average Bonchev–Trinajstić information content (AvgIpc) is 2.72. The van der Waals surface area contributed by atoms with E-state index in [0.29, 0.717) is 17.1 Å². The second-order valence-electron chi connectivity index (χ2n) is 5.26. The maximum atomic E-state index is 11.6. The number of nitrogens with zero attached hydrogens (tertiary/aromatic N) is 1. The van der Waals surface area contributed by atoms with Gasteiger partial charge in [-0.05, 0) is 44.8 Å². The van der Waals surface area contributed by atoms with Gasteiger partial charge in [0.25, 0.3) is 0 Å². The number of carbonyl (C=O) groups excluding carboxylic acids is 1. The lowest BCUT2D eigenvalue weighted by Gasteiger charge is -2.22. The molecule has 0 amide bonds. The van der Waals surface area contributed by atoms with Gasteiger partial charge in [-0.25, -0.2) is 0 Å². The summed E-state index contributed by atoms with van der Waals surface area (Å²) < 4.78 is 0. The number of fused-ring (bicyclic) bond motifs is 1. The topological polar surface area (TPSA) is 20.3 Å². The third kappa shape index (κ3) is 2.23. The Morgan fingerprint density at radius 3 is 2.20 bits per heavy atom. The molecule has 0 radical (unpaired) electrons. The molecule has 1 heterocycles. The summed E-state index contributed by atoms with van der Waals surface area (Å²) in [7, 11) is 0. The second-order valence-corrected chi connectivity index (χ2v) is 6.07. The molecule has 1 unspecified atom stereocenters. The lowest BCUT2D eigenvalue weighted by atomic mass is 10.0. The van der Waals surface area contributed by atoms with Gasteiger partial charge in [0.1, 0.15) is 0 Å². The molecular formula is C12H21NOS. The zero-order chi connectivity index (χ0) is 11.0. The first-order chi connectivity index (χ1) is 7.11. The van der Waals surface area contributed by atoms with E-state index in [9.17, 15) is 4.79 Å². The summed E-state index contributed by atoms with van der Waals surface area (Å²) in [6.45, 7) is 6.98. The van der Waals surface area contributed by atoms with Gasteiger partial charge in [0, 0.05) is 25.0 Å². The first kappa shape index (κ1) is 11.5. The van der Waals surface area contributed by atoms with E-state index in [-0.39, 0.29) is 0 Å². The molecule has 3 atom stereocenters. The molecule has 1 saturated heterocycles. The smallest absolute Gasteiger partial charge is 0.191 e. The predicted molar refractivity (Wildman–Crippen MR) is 64.9 cm³/mol. The number of hydrogen-bond donors (Lipinski definition) is 0. The van der Waals surface area contributed by atoms with Crippen LogP contribution in [-0.4, -0.2) is 35.4 Å². The fraction of sp³-hybridized carbons (Fsp3) is 0.917. The van der Waals surface area contributed by atoms with Crippen LogP contribution in [0, 0.1) is 17.8 Å². The van der Waals surface area contributed by atoms with Gasteiger partial charge in [0.05, 0.1) is 0 Å². The molecule has 2 nitrogen and oxygen atoms in total. The summed E-state index contributed by atoms with van der Waals surface area (Å²) in [5, 5.41) is 0.417. The number of hydrogen-bond acceptors (Lipinski definition) is 3. The third-order valence-corrected chi connectivity index (χ3v) is 4.78. The van der Waals surface area contributed by atoms with Gasteiger partial charge in [0.15, 0.2) is 5.12 Å². The monoisotopic (exact) mass is 227 g/mol. The van der Waals surface area contributed by atoms with E-state index >= 15 is 0 Å². The molecule has 1 aliphatic carbocycles. The van der Waals surface area contributed by atoms with Crippen molar-refractivity contribution in [1.82, 2.24) is 4.90 Å². The zero-order valence-corrected chi connectivity index (χ0v) is 10.7. The Balaban J connectivity index is 1.90. The Bertz CT molecular complexity index is 240. The first-order valence-electron chi connectivity index (χ1n) is 5.93. The van der Waals surface area contributed by atoms with Crippen molar-refractivity contribution in [2.45, 2.75) is 32.7 Å². The first-order valence-corrected chi connectivity index (χ1v) is 7.16. The highest BCUT2D eigenvalue weighted by atomic mass is 32.2. The zero-order valence-electron chi connectivity index (χ0n) is 9.90. The molecule has 0 bridgehead atoms. The summed E-state index contributed by atoms with van der Waals surface area (Å²) in [6, 6.07) is 0.672. The third-order valence-electron chi connectivity index (χ3n) is 4.04. The molecular weight excluding hydrogens is 206 g/mol. The molecule has 2 aliphatic rings. The Hall–Kier alpha value is -0.0200. The number of carbonyl (C=O) groups is 1. The standard InChI is InChI=1S/C12H21NOS/c1-8(2)13-6-10-4-9(12(14)15-3)5-11(10)7-13/h8-11H,4-7H2,1-3H3/t9?,10-,11+. The SMILES string of the molecule is CSC(=O)C1C[C@@H]2CN(C(C)C)C[C@@H]2C1. The normalized spacial score (nSPS) is 36.1. The van der Waals surface area contributed by atoms with Crippen LogP contribution in [0.25, 0.3) is 0 Å². The van der Waals surface area contributed by atoms with Gasteiger partial charge in [-0.3, -0.25) is 4.79 Å².